The van der Waals surface area contributed by atoms with E-state index >= 15 is 0 Å². The molecule has 0 saturated heterocycles. The number of fused-ring (bicyclic) bond motifs is 14. The molecule has 18 aromatic carbocycles. The average molecular weight is 1370 g/mol. The summed E-state index contributed by atoms with van der Waals surface area (Å²) in [6.07, 6.45) is 0. The zero-order valence-electron chi connectivity index (χ0n) is 59.0. The Morgan fingerprint density at radius 2 is 0.343 bits per heavy atom. The van der Waals surface area contributed by atoms with Crippen LogP contribution in [-0.2, 0) is 0 Å². The van der Waals surface area contributed by atoms with Crippen LogP contribution in [0.4, 0.5) is 0 Å². The lowest BCUT2D eigenvalue weighted by Crippen LogP contribution is -1.94. The van der Waals surface area contributed by atoms with Crippen LogP contribution in [0.25, 0.3) is 198 Å². The highest BCUT2D eigenvalue weighted by Gasteiger charge is 2.21. The SMILES string of the molecule is c1ccc(-c2ccc(-c3cccc(-n4c5ccccc5c5cc(-c6ccc7c(c6)c6ccccc6n7-c6ccc7ccccc7c6)ccc54)c3)cc2)cc1.c1ccc(-c2cccc(-c3cccc(-n4c5ccccc5c5cc(-c6ccc7c(c6)c6ccccc6n7-c6ccc7ccccc7c6)ccc54)c3)c2)cc1. The summed E-state index contributed by atoms with van der Waals surface area (Å²) in [4.78, 5) is 0. The second-order valence-electron chi connectivity index (χ2n) is 28.4. The summed E-state index contributed by atoms with van der Waals surface area (Å²) in [5, 5.41) is 15.0. The van der Waals surface area contributed by atoms with Crippen molar-refractivity contribution in [2.45, 2.75) is 0 Å². The summed E-state index contributed by atoms with van der Waals surface area (Å²) in [6.45, 7) is 0. The molecule has 0 aliphatic carbocycles. The van der Waals surface area contributed by atoms with E-state index < -0.39 is 0 Å². The van der Waals surface area contributed by atoms with Crippen LogP contribution < -0.4 is 0 Å². The Morgan fingerprint density at radius 1 is 0.111 bits per heavy atom. The fourth-order valence-corrected chi connectivity index (χ4v) is 17.0. The lowest BCUT2D eigenvalue weighted by Gasteiger charge is -2.12. The average Bonchev–Trinajstić information content (AvgIpc) is 1.57. The second-order valence-corrected chi connectivity index (χ2v) is 28.4. The summed E-state index contributed by atoms with van der Waals surface area (Å²) < 4.78 is 9.64. The maximum absolute atomic E-state index is 2.42. The monoisotopic (exact) mass is 1370 g/mol. The van der Waals surface area contributed by atoms with Crippen LogP contribution in [0.3, 0.4) is 0 Å². The van der Waals surface area contributed by atoms with Crippen LogP contribution in [-0.4, -0.2) is 18.3 Å². The Labute approximate surface area is 625 Å². The van der Waals surface area contributed by atoms with Gasteiger partial charge in [0.2, 0.25) is 0 Å². The van der Waals surface area contributed by atoms with E-state index in [9.17, 15) is 0 Å². The molecule has 22 aromatic rings. The highest BCUT2D eigenvalue weighted by molar-refractivity contribution is 6.15. The van der Waals surface area contributed by atoms with Crippen LogP contribution in [0.15, 0.2) is 413 Å². The van der Waals surface area contributed by atoms with Crippen LogP contribution in [0.1, 0.15) is 0 Å². The standard InChI is InChI=1S/2C52H34N2/c1-2-12-35(13-3-1)37-16-10-17-38(30-37)40-18-11-19-43(32-40)53-49-22-8-6-20-45(49)47-33-41(25-28-51(47)53)42-26-29-52-48(34-42)46-21-7-9-23-50(46)54(52)44-27-24-36-14-4-5-15-39(36)31-44;1-2-11-35(12-3-1)37-21-23-38(24-22-37)40-15-10-16-43(31-40)53-49-19-8-6-17-45(49)47-33-41(26-29-51(47)53)42-27-30-52-48(34-42)46-18-7-9-20-50(46)54(52)44-28-25-36-13-4-5-14-39(36)32-44/h2*1-34H. The summed E-state index contributed by atoms with van der Waals surface area (Å²) in [5.41, 5.74) is 28.9. The fraction of sp³-hybridized carbons (Fsp3) is 0. The molecule has 4 heteroatoms. The predicted molar refractivity (Wildman–Crippen MR) is 458 cm³/mol. The molecule has 4 heterocycles. The van der Waals surface area contributed by atoms with Crippen molar-refractivity contribution in [3.05, 3.63) is 413 Å². The van der Waals surface area contributed by atoms with Gasteiger partial charge in [-0.3, -0.25) is 0 Å². The number of hydrogen-bond acceptors (Lipinski definition) is 0. The molecule has 0 N–H and O–H groups in total. The van der Waals surface area contributed by atoms with Crippen molar-refractivity contribution in [1.29, 1.82) is 0 Å². The molecule has 0 atom stereocenters. The van der Waals surface area contributed by atoms with Crippen molar-refractivity contribution >= 4 is 109 Å². The molecule has 0 unspecified atom stereocenters. The van der Waals surface area contributed by atoms with Gasteiger partial charge in [-0.05, 0) is 216 Å². The molecule has 0 amide bonds. The highest BCUT2D eigenvalue weighted by atomic mass is 15.0. The summed E-state index contributed by atoms with van der Waals surface area (Å²) in [7, 11) is 0. The molecule has 504 valence electrons. The topological polar surface area (TPSA) is 19.7 Å². The minimum absolute atomic E-state index is 1.15. The van der Waals surface area contributed by atoms with Crippen LogP contribution in [0.2, 0.25) is 0 Å². The van der Waals surface area contributed by atoms with Crippen molar-refractivity contribution in [3.63, 3.8) is 0 Å². The number of benzene rings is 18. The van der Waals surface area contributed by atoms with Gasteiger partial charge >= 0.3 is 0 Å². The van der Waals surface area contributed by atoms with Crippen LogP contribution in [0, 0.1) is 0 Å². The van der Waals surface area contributed by atoms with E-state index in [1.807, 2.05) is 0 Å². The van der Waals surface area contributed by atoms with Gasteiger partial charge in [-0.25, -0.2) is 0 Å². The van der Waals surface area contributed by atoms with Gasteiger partial charge in [0.1, 0.15) is 0 Å². The quantitative estimate of drug-likeness (QED) is 0.130. The maximum Gasteiger partial charge on any atom is 0.0541 e. The molecule has 0 fully saturated rings. The largest absolute Gasteiger partial charge is 0.309 e. The number of rotatable bonds is 10. The summed E-state index contributed by atoms with van der Waals surface area (Å²) in [6, 6.07) is 150. The molecule has 4 aromatic heterocycles. The molecule has 0 aliphatic heterocycles. The molecule has 0 aliphatic rings. The zero-order chi connectivity index (χ0) is 71.2. The van der Waals surface area contributed by atoms with Crippen molar-refractivity contribution in [3.8, 4) is 89.5 Å². The second kappa shape index (κ2) is 25.8. The zero-order valence-corrected chi connectivity index (χ0v) is 59.0. The minimum atomic E-state index is 1.15. The molecule has 4 nitrogen and oxygen atoms in total. The fourth-order valence-electron chi connectivity index (χ4n) is 17.0. The lowest BCUT2D eigenvalue weighted by atomic mass is 9.99. The number of hydrogen-bond donors (Lipinski definition) is 0. The highest BCUT2D eigenvalue weighted by Crippen LogP contribution is 2.43. The van der Waals surface area contributed by atoms with Crippen LogP contribution >= 0.6 is 0 Å². The molecular formula is C104H68N4. The third kappa shape index (κ3) is 10.7. The predicted octanol–water partition coefficient (Wildman–Crippen LogP) is 28.1. The van der Waals surface area contributed by atoms with Gasteiger partial charge in [-0.1, -0.05) is 285 Å². The Bertz CT molecular complexity index is 7290. The lowest BCUT2D eigenvalue weighted by molar-refractivity contribution is 1.18. The summed E-state index contributed by atoms with van der Waals surface area (Å²) in [5.74, 6) is 0. The Kier molecular flexibility index (Phi) is 14.9. The molecule has 0 radical (unpaired) electrons. The Morgan fingerprint density at radius 3 is 0.722 bits per heavy atom. The van der Waals surface area contributed by atoms with Gasteiger partial charge in [0.15, 0.2) is 0 Å². The normalized spacial score (nSPS) is 11.7. The molecular weight excluding hydrogens is 1310 g/mol. The Balaban J connectivity index is 0.000000138. The van der Waals surface area contributed by atoms with Gasteiger partial charge in [-0.15, -0.1) is 0 Å². The number of aromatic nitrogens is 4. The first-order valence-electron chi connectivity index (χ1n) is 37.2. The van der Waals surface area contributed by atoms with Gasteiger partial charge in [0.25, 0.3) is 0 Å². The molecule has 108 heavy (non-hydrogen) atoms. The van der Waals surface area contributed by atoms with Crippen molar-refractivity contribution in [1.82, 2.24) is 18.3 Å². The first-order valence-corrected chi connectivity index (χ1v) is 37.2. The van der Waals surface area contributed by atoms with E-state index in [-0.39, 0.29) is 0 Å². The first kappa shape index (κ1) is 62.3. The number of nitrogens with zero attached hydrogens (tertiary/aromatic N) is 4. The van der Waals surface area contributed by atoms with Gasteiger partial charge in [-0.2, -0.15) is 0 Å². The molecule has 0 saturated carbocycles. The third-order valence-electron chi connectivity index (χ3n) is 22.2. The van der Waals surface area contributed by atoms with Gasteiger partial charge < -0.3 is 18.3 Å². The van der Waals surface area contributed by atoms with Gasteiger partial charge in [0, 0.05) is 65.8 Å². The van der Waals surface area contributed by atoms with Crippen LogP contribution in [0.5, 0.6) is 0 Å². The maximum atomic E-state index is 2.42. The molecule has 22 rings (SSSR count). The van der Waals surface area contributed by atoms with E-state index in [2.05, 4.69) is 431 Å². The molecule has 0 bridgehead atoms. The van der Waals surface area contributed by atoms with E-state index in [0.29, 0.717) is 0 Å². The van der Waals surface area contributed by atoms with Crippen molar-refractivity contribution in [2.24, 2.45) is 0 Å². The van der Waals surface area contributed by atoms with Crippen molar-refractivity contribution in [2.75, 3.05) is 0 Å². The van der Waals surface area contributed by atoms with E-state index in [0.717, 1.165) is 11.4 Å². The first-order chi connectivity index (χ1) is 53.5. The third-order valence-corrected chi connectivity index (χ3v) is 22.2. The smallest absolute Gasteiger partial charge is 0.0541 e. The number of para-hydroxylation sites is 4. The van der Waals surface area contributed by atoms with E-state index in [1.54, 1.807) is 0 Å². The van der Waals surface area contributed by atoms with E-state index in [4.69, 9.17) is 0 Å². The molecule has 0 spiro atoms. The van der Waals surface area contributed by atoms with Crippen molar-refractivity contribution < 1.29 is 0 Å². The van der Waals surface area contributed by atoms with Gasteiger partial charge in [0.05, 0.1) is 44.1 Å². The van der Waals surface area contributed by atoms with E-state index in [1.165, 1.54) is 187 Å². The minimum Gasteiger partial charge on any atom is -0.309 e. The summed E-state index contributed by atoms with van der Waals surface area (Å²) >= 11 is 0. The Hall–Kier alpha value is -14.3.